The van der Waals surface area contributed by atoms with Crippen molar-refractivity contribution in [2.75, 3.05) is 13.2 Å². The van der Waals surface area contributed by atoms with Crippen molar-refractivity contribution in [2.24, 2.45) is 4.99 Å². The minimum Gasteiger partial charge on any atom is -0.507 e. The van der Waals surface area contributed by atoms with Gasteiger partial charge in [-0.2, -0.15) is 0 Å². The van der Waals surface area contributed by atoms with Crippen molar-refractivity contribution in [3.63, 3.8) is 0 Å². The Morgan fingerprint density at radius 3 is 2.17 bits per heavy atom. The molecular formula is C29H33NO5. The Labute approximate surface area is 207 Å². The van der Waals surface area contributed by atoms with Gasteiger partial charge >= 0.3 is 5.97 Å². The van der Waals surface area contributed by atoms with Gasteiger partial charge in [0.05, 0.1) is 24.5 Å². The topological polar surface area (TPSA) is 77.4 Å². The minimum absolute atomic E-state index is 0.0346. The van der Waals surface area contributed by atoms with Crippen LogP contribution in [-0.4, -0.2) is 30.5 Å². The number of phenolic OH excluding ortho intramolecular Hbond substituents is 1. The number of esters is 1. The van der Waals surface area contributed by atoms with Gasteiger partial charge in [-0.1, -0.05) is 32.6 Å². The van der Waals surface area contributed by atoms with Crippen molar-refractivity contribution in [3.05, 3.63) is 77.9 Å². The third kappa shape index (κ3) is 8.49. The Hall–Kier alpha value is -3.80. The zero-order chi connectivity index (χ0) is 24.9. The molecule has 6 heteroatoms. The van der Waals surface area contributed by atoms with E-state index < -0.39 is 5.97 Å². The standard InChI is InChI=1S/C29H33NO5/c1-3-5-6-7-8-19-34-26-14-9-22(10-15-26)29(32)35-27-16-11-23(28(31)20-27)21-30-24-12-17-25(18-13-24)33-4-2/h9-18,20-21,31H,3-8,19H2,1-2H3. The van der Waals surface area contributed by atoms with Gasteiger partial charge < -0.3 is 19.3 Å². The first-order valence-electron chi connectivity index (χ1n) is 12.1. The molecule has 6 nitrogen and oxygen atoms in total. The van der Waals surface area contributed by atoms with Gasteiger partial charge in [-0.15, -0.1) is 0 Å². The Morgan fingerprint density at radius 2 is 1.49 bits per heavy atom. The molecule has 3 rings (SSSR count). The summed E-state index contributed by atoms with van der Waals surface area (Å²) in [5, 5.41) is 10.3. The van der Waals surface area contributed by atoms with E-state index in [-0.39, 0.29) is 11.5 Å². The van der Waals surface area contributed by atoms with Crippen LogP contribution in [0.5, 0.6) is 23.0 Å². The molecule has 35 heavy (non-hydrogen) atoms. The van der Waals surface area contributed by atoms with Crippen LogP contribution in [0.4, 0.5) is 5.69 Å². The third-order valence-electron chi connectivity index (χ3n) is 5.32. The molecule has 3 aromatic rings. The highest BCUT2D eigenvalue weighted by Gasteiger charge is 2.10. The first kappa shape index (κ1) is 25.8. The molecular weight excluding hydrogens is 442 g/mol. The molecule has 0 bridgehead atoms. The van der Waals surface area contributed by atoms with Gasteiger partial charge in [-0.05, 0) is 74.0 Å². The lowest BCUT2D eigenvalue weighted by Gasteiger charge is -2.08. The molecule has 184 valence electrons. The van der Waals surface area contributed by atoms with Gasteiger partial charge in [0, 0.05) is 17.8 Å². The zero-order valence-corrected chi connectivity index (χ0v) is 20.4. The highest BCUT2D eigenvalue weighted by Crippen LogP contribution is 2.25. The number of unbranched alkanes of at least 4 members (excludes halogenated alkanes) is 4. The first-order valence-corrected chi connectivity index (χ1v) is 12.1. The smallest absolute Gasteiger partial charge is 0.343 e. The third-order valence-corrected chi connectivity index (χ3v) is 5.32. The Morgan fingerprint density at radius 1 is 0.829 bits per heavy atom. The monoisotopic (exact) mass is 475 g/mol. The maximum absolute atomic E-state index is 12.5. The lowest BCUT2D eigenvalue weighted by molar-refractivity contribution is 0.0734. The summed E-state index contributed by atoms with van der Waals surface area (Å²) in [6, 6.07) is 18.9. The van der Waals surface area contributed by atoms with E-state index in [4.69, 9.17) is 14.2 Å². The molecule has 0 spiro atoms. The summed E-state index contributed by atoms with van der Waals surface area (Å²) in [6.45, 7) is 5.40. The van der Waals surface area contributed by atoms with Crippen LogP contribution in [0.3, 0.4) is 0 Å². The average Bonchev–Trinajstić information content (AvgIpc) is 2.87. The van der Waals surface area contributed by atoms with Crippen molar-refractivity contribution in [1.29, 1.82) is 0 Å². The van der Waals surface area contributed by atoms with Crippen molar-refractivity contribution in [1.82, 2.24) is 0 Å². The fourth-order valence-electron chi connectivity index (χ4n) is 3.38. The van der Waals surface area contributed by atoms with Gasteiger partial charge in [0.1, 0.15) is 23.0 Å². The molecule has 1 N–H and O–H groups in total. The average molecular weight is 476 g/mol. The molecule has 0 saturated heterocycles. The summed E-state index contributed by atoms with van der Waals surface area (Å²) in [5.74, 6) is 1.21. The molecule has 0 aromatic heterocycles. The quantitative estimate of drug-likeness (QED) is 0.123. The molecule has 0 atom stereocenters. The van der Waals surface area contributed by atoms with E-state index in [9.17, 15) is 9.90 Å². The van der Waals surface area contributed by atoms with Crippen molar-refractivity contribution in [3.8, 4) is 23.0 Å². The van der Waals surface area contributed by atoms with Gasteiger partial charge in [0.15, 0.2) is 0 Å². The second-order valence-corrected chi connectivity index (χ2v) is 8.08. The van der Waals surface area contributed by atoms with Crippen molar-refractivity contribution >= 4 is 17.9 Å². The number of benzene rings is 3. The largest absolute Gasteiger partial charge is 0.507 e. The SMILES string of the molecule is CCCCCCCOc1ccc(C(=O)Oc2ccc(C=Nc3ccc(OCC)cc3)c(O)c2)cc1. The van der Waals surface area contributed by atoms with E-state index in [1.165, 1.54) is 25.3 Å². The number of aliphatic imine (C=N–C) groups is 1. The van der Waals surface area contributed by atoms with Crippen LogP contribution in [0.25, 0.3) is 0 Å². The summed E-state index contributed by atoms with van der Waals surface area (Å²) in [6.07, 6.45) is 7.46. The van der Waals surface area contributed by atoms with E-state index in [1.54, 1.807) is 42.6 Å². The number of nitrogens with zero attached hydrogens (tertiary/aromatic N) is 1. The van der Waals surface area contributed by atoms with Crippen molar-refractivity contribution in [2.45, 2.75) is 46.0 Å². The second kappa shape index (κ2) is 13.8. The van der Waals surface area contributed by atoms with E-state index in [2.05, 4.69) is 11.9 Å². The molecule has 0 amide bonds. The van der Waals surface area contributed by atoms with Crippen LogP contribution < -0.4 is 14.2 Å². The number of phenols is 1. The lowest BCUT2D eigenvalue weighted by Crippen LogP contribution is -2.08. The number of rotatable bonds is 13. The molecule has 0 unspecified atom stereocenters. The first-order chi connectivity index (χ1) is 17.1. The molecule has 0 fully saturated rings. The molecule has 0 saturated carbocycles. The number of ether oxygens (including phenoxy) is 3. The van der Waals surface area contributed by atoms with Crippen molar-refractivity contribution < 1.29 is 24.1 Å². The highest BCUT2D eigenvalue weighted by atomic mass is 16.5. The summed E-state index contributed by atoms with van der Waals surface area (Å²) < 4.78 is 16.6. The van der Waals surface area contributed by atoms with E-state index >= 15 is 0 Å². The van der Waals surface area contributed by atoms with Gasteiger partial charge in [-0.25, -0.2) is 4.79 Å². The van der Waals surface area contributed by atoms with E-state index in [0.717, 1.165) is 30.0 Å². The van der Waals surface area contributed by atoms with Crippen LogP contribution in [0.1, 0.15) is 61.9 Å². The Bertz CT molecular complexity index is 1090. The van der Waals surface area contributed by atoms with Crippen LogP contribution in [0.2, 0.25) is 0 Å². The van der Waals surface area contributed by atoms with Crippen LogP contribution in [0.15, 0.2) is 71.7 Å². The summed E-state index contributed by atoms with van der Waals surface area (Å²) in [5.41, 5.74) is 1.64. The number of aromatic hydroxyl groups is 1. The van der Waals surface area contributed by atoms with Gasteiger partial charge in [0.2, 0.25) is 0 Å². The lowest BCUT2D eigenvalue weighted by atomic mass is 10.2. The predicted molar refractivity (Wildman–Crippen MR) is 139 cm³/mol. The van der Waals surface area contributed by atoms with Gasteiger partial charge in [-0.3, -0.25) is 4.99 Å². The number of carbonyl (C=O) groups excluding carboxylic acids is 1. The molecule has 0 radical (unpaired) electrons. The maximum Gasteiger partial charge on any atom is 0.343 e. The fourth-order valence-corrected chi connectivity index (χ4v) is 3.38. The fraction of sp³-hybridized carbons (Fsp3) is 0.310. The predicted octanol–water partition coefficient (Wildman–Crippen LogP) is 7.11. The summed E-state index contributed by atoms with van der Waals surface area (Å²) >= 11 is 0. The molecule has 0 aliphatic rings. The van der Waals surface area contributed by atoms with E-state index in [1.807, 2.05) is 31.2 Å². The molecule has 3 aromatic carbocycles. The van der Waals surface area contributed by atoms with Gasteiger partial charge in [0.25, 0.3) is 0 Å². The number of hydrogen-bond acceptors (Lipinski definition) is 6. The maximum atomic E-state index is 12.5. The Balaban J connectivity index is 1.51. The molecule has 0 aliphatic heterocycles. The summed E-state index contributed by atoms with van der Waals surface area (Å²) in [4.78, 5) is 16.9. The molecule has 0 heterocycles. The highest BCUT2D eigenvalue weighted by molar-refractivity contribution is 5.91. The number of carbonyl (C=O) groups is 1. The van der Waals surface area contributed by atoms with Crippen LogP contribution in [-0.2, 0) is 0 Å². The molecule has 0 aliphatic carbocycles. The van der Waals surface area contributed by atoms with Crippen LogP contribution >= 0.6 is 0 Å². The second-order valence-electron chi connectivity index (χ2n) is 8.08. The van der Waals surface area contributed by atoms with Crippen LogP contribution in [0, 0.1) is 0 Å². The number of hydrogen-bond donors (Lipinski definition) is 1. The minimum atomic E-state index is -0.508. The summed E-state index contributed by atoms with van der Waals surface area (Å²) in [7, 11) is 0. The Kier molecular flexibility index (Phi) is 10.2. The normalized spacial score (nSPS) is 10.9. The zero-order valence-electron chi connectivity index (χ0n) is 20.4. The van der Waals surface area contributed by atoms with E-state index in [0.29, 0.717) is 24.3 Å².